The van der Waals surface area contributed by atoms with Crippen molar-refractivity contribution in [2.45, 2.75) is 156 Å². The van der Waals surface area contributed by atoms with Crippen LogP contribution in [0.1, 0.15) is 143 Å². The largest absolute Gasteiger partial charge is 0.508 e. The summed E-state index contributed by atoms with van der Waals surface area (Å²) < 4.78 is 28.4. The predicted octanol–water partition coefficient (Wildman–Crippen LogP) is 8.44. The third-order valence-electron chi connectivity index (χ3n) is 8.10. The van der Waals surface area contributed by atoms with E-state index in [0.717, 1.165) is 45.3 Å². The monoisotopic (exact) mass is 599 g/mol. The molecule has 0 spiro atoms. The van der Waals surface area contributed by atoms with Gasteiger partial charge in [0.15, 0.2) is 6.29 Å². The molecule has 248 valence electrons. The van der Waals surface area contributed by atoms with E-state index in [1.807, 2.05) is 6.92 Å². The summed E-state index contributed by atoms with van der Waals surface area (Å²) in [6, 6.07) is 0. The Bertz CT molecular complexity index is 629. The molecule has 0 aromatic heterocycles. The van der Waals surface area contributed by atoms with Crippen LogP contribution in [0.4, 0.5) is 4.79 Å². The van der Waals surface area contributed by atoms with Gasteiger partial charge in [0.2, 0.25) is 0 Å². The Balaban J connectivity index is 2.29. The molecule has 1 rings (SSSR count). The lowest BCUT2D eigenvalue weighted by molar-refractivity contribution is -0.159. The van der Waals surface area contributed by atoms with E-state index in [1.54, 1.807) is 0 Å². The van der Waals surface area contributed by atoms with E-state index in [-0.39, 0.29) is 31.4 Å². The van der Waals surface area contributed by atoms with Crippen molar-refractivity contribution in [1.29, 1.82) is 0 Å². The molecule has 1 saturated heterocycles. The van der Waals surface area contributed by atoms with Crippen LogP contribution in [-0.2, 0) is 28.5 Å². The number of likely N-dealkylation sites (tertiary alicyclic amines) is 1. The van der Waals surface area contributed by atoms with Crippen molar-refractivity contribution >= 4 is 12.1 Å². The highest BCUT2D eigenvalue weighted by atomic mass is 16.7. The van der Waals surface area contributed by atoms with E-state index in [0.29, 0.717) is 45.0 Å². The van der Waals surface area contributed by atoms with E-state index in [1.165, 1.54) is 64.2 Å². The Morgan fingerprint density at radius 1 is 0.762 bits per heavy atom. The minimum atomic E-state index is -0.630. The SMILES string of the molecule is CCCCCCCCOC(CCC(=O)OCCC(CC)OC(=O)OCC1CCCN(CC)C1)OCCCCCCCC. The van der Waals surface area contributed by atoms with E-state index in [2.05, 4.69) is 25.7 Å². The second kappa shape index (κ2) is 27.2. The predicted molar refractivity (Wildman–Crippen MR) is 169 cm³/mol. The highest BCUT2D eigenvalue weighted by Gasteiger charge is 2.22. The van der Waals surface area contributed by atoms with Crippen molar-refractivity contribution < 1.29 is 33.3 Å². The minimum Gasteiger partial charge on any atom is -0.466 e. The first-order valence-corrected chi connectivity index (χ1v) is 17.5. The van der Waals surface area contributed by atoms with Gasteiger partial charge in [-0.05, 0) is 45.2 Å². The van der Waals surface area contributed by atoms with Crippen LogP contribution in [0.2, 0.25) is 0 Å². The zero-order valence-electron chi connectivity index (χ0n) is 27.7. The van der Waals surface area contributed by atoms with Gasteiger partial charge in [0, 0.05) is 38.5 Å². The molecular weight excluding hydrogens is 534 g/mol. The summed E-state index contributed by atoms with van der Waals surface area (Å²) in [4.78, 5) is 27.1. The highest BCUT2D eigenvalue weighted by Crippen LogP contribution is 2.17. The van der Waals surface area contributed by atoms with Crippen LogP contribution in [0, 0.1) is 5.92 Å². The summed E-state index contributed by atoms with van der Waals surface area (Å²) in [5.74, 6) is 0.0854. The summed E-state index contributed by atoms with van der Waals surface area (Å²) in [6.07, 6.45) is 17.2. The molecule has 0 saturated carbocycles. The van der Waals surface area contributed by atoms with Gasteiger partial charge >= 0.3 is 12.1 Å². The molecule has 0 aromatic rings. The molecule has 1 aliphatic rings. The molecule has 2 atom stereocenters. The molecule has 42 heavy (non-hydrogen) atoms. The number of nitrogens with zero attached hydrogens (tertiary/aromatic N) is 1. The van der Waals surface area contributed by atoms with Crippen LogP contribution in [0.5, 0.6) is 0 Å². The minimum absolute atomic E-state index is 0.209. The summed E-state index contributed by atoms with van der Waals surface area (Å²) in [5.41, 5.74) is 0. The molecule has 1 heterocycles. The van der Waals surface area contributed by atoms with Gasteiger partial charge in [0.25, 0.3) is 0 Å². The number of carbonyl (C=O) groups excluding carboxylic acids is 2. The van der Waals surface area contributed by atoms with Crippen molar-refractivity contribution in [3.63, 3.8) is 0 Å². The second-order valence-corrected chi connectivity index (χ2v) is 11.9. The standard InChI is InChI=1S/C34H65NO7/c1-5-9-11-13-15-17-25-39-33(40-26-18-16-14-12-10-6-2)22-21-32(36)38-27-23-31(7-3)42-34(37)41-29-30-20-19-24-35(8-4)28-30/h30-31,33H,5-29H2,1-4H3. The van der Waals surface area contributed by atoms with Gasteiger partial charge in [0.05, 0.1) is 19.6 Å². The van der Waals surface area contributed by atoms with Crippen molar-refractivity contribution in [1.82, 2.24) is 4.90 Å². The maximum atomic E-state index is 12.5. The van der Waals surface area contributed by atoms with Crippen LogP contribution in [0.25, 0.3) is 0 Å². The van der Waals surface area contributed by atoms with E-state index in [4.69, 9.17) is 23.7 Å². The number of hydrogen-bond donors (Lipinski definition) is 0. The van der Waals surface area contributed by atoms with Gasteiger partial charge < -0.3 is 28.6 Å². The molecule has 0 aliphatic carbocycles. The molecule has 0 bridgehead atoms. The Morgan fingerprint density at radius 3 is 1.98 bits per heavy atom. The number of esters is 1. The first-order chi connectivity index (χ1) is 20.5. The zero-order chi connectivity index (χ0) is 30.7. The summed E-state index contributed by atoms with van der Waals surface area (Å²) in [5, 5.41) is 0. The Morgan fingerprint density at radius 2 is 1.38 bits per heavy atom. The third-order valence-corrected chi connectivity index (χ3v) is 8.10. The maximum Gasteiger partial charge on any atom is 0.508 e. The molecule has 0 aromatic carbocycles. The van der Waals surface area contributed by atoms with Crippen molar-refractivity contribution in [2.24, 2.45) is 5.92 Å². The first-order valence-electron chi connectivity index (χ1n) is 17.5. The maximum absolute atomic E-state index is 12.5. The number of ether oxygens (including phenoxy) is 5. The number of hydrogen-bond acceptors (Lipinski definition) is 8. The van der Waals surface area contributed by atoms with Crippen molar-refractivity contribution in [3.05, 3.63) is 0 Å². The summed E-state index contributed by atoms with van der Waals surface area (Å²) >= 11 is 0. The van der Waals surface area contributed by atoms with Crippen LogP contribution in [0.15, 0.2) is 0 Å². The number of carbonyl (C=O) groups is 2. The summed E-state index contributed by atoms with van der Waals surface area (Å²) in [6.45, 7) is 13.6. The van der Waals surface area contributed by atoms with Gasteiger partial charge in [-0.3, -0.25) is 4.79 Å². The molecule has 8 heteroatoms. The fourth-order valence-electron chi connectivity index (χ4n) is 5.30. The average Bonchev–Trinajstić information content (AvgIpc) is 3.00. The van der Waals surface area contributed by atoms with Crippen LogP contribution in [-0.4, -0.2) is 75.5 Å². The molecular formula is C34H65NO7. The lowest BCUT2D eigenvalue weighted by Crippen LogP contribution is -2.37. The van der Waals surface area contributed by atoms with Gasteiger partial charge in [-0.2, -0.15) is 0 Å². The van der Waals surface area contributed by atoms with Crippen molar-refractivity contribution in [3.8, 4) is 0 Å². The molecule has 1 aliphatic heterocycles. The molecule has 0 N–H and O–H groups in total. The van der Waals surface area contributed by atoms with Crippen LogP contribution in [0.3, 0.4) is 0 Å². The summed E-state index contributed by atoms with van der Waals surface area (Å²) in [7, 11) is 0. The molecule has 8 nitrogen and oxygen atoms in total. The molecule has 2 unspecified atom stereocenters. The lowest BCUT2D eigenvalue weighted by Gasteiger charge is -2.31. The highest BCUT2D eigenvalue weighted by molar-refractivity contribution is 5.69. The van der Waals surface area contributed by atoms with Gasteiger partial charge in [-0.25, -0.2) is 4.79 Å². The Hall–Kier alpha value is -1.38. The number of rotatable bonds is 27. The van der Waals surface area contributed by atoms with E-state index in [9.17, 15) is 9.59 Å². The Labute approximate surface area is 257 Å². The first kappa shape index (κ1) is 38.6. The topological polar surface area (TPSA) is 83.5 Å². The normalized spacial score (nSPS) is 16.5. The fraction of sp³-hybridized carbons (Fsp3) is 0.941. The van der Waals surface area contributed by atoms with E-state index >= 15 is 0 Å². The molecule has 1 fully saturated rings. The second-order valence-electron chi connectivity index (χ2n) is 11.9. The zero-order valence-corrected chi connectivity index (χ0v) is 27.7. The van der Waals surface area contributed by atoms with Crippen LogP contribution >= 0.6 is 0 Å². The molecule has 0 amide bonds. The smallest absolute Gasteiger partial charge is 0.466 e. The number of piperidine rings is 1. The number of unbranched alkanes of at least 4 members (excludes halogenated alkanes) is 10. The fourth-order valence-corrected chi connectivity index (χ4v) is 5.30. The molecule has 0 radical (unpaired) electrons. The van der Waals surface area contributed by atoms with Gasteiger partial charge in [0.1, 0.15) is 6.10 Å². The quantitative estimate of drug-likeness (QED) is 0.0528. The van der Waals surface area contributed by atoms with Crippen molar-refractivity contribution in [2.75, 3.05) is 46.1 Å². The van der Waals surface area contributed by atoms with Gasteiger partial charge in [-0.1, -0.05) is 91.9 Å². The lowest BCUT2D eigenvalue weighted by atomic mass is 9.99. The van der Waals surface area contributed by atoms with Gasteiger partial charge in [-0.15, -0.1) is 0 Å². The van der Waals surface area contributed by atoms with E-state index < -0.39 is 6.16 Å². The average molecular weight is 600 g/mol. The Kier molecular flexibility index (Phi) is 25.0. The van der Waals surface area contributed by atoms with Crippen LogP contribution < -0.4 is 0 Å². The third kappa shape index (κ3) is 21.3.